The molecule has 7 nitrogen and oxygen atoms in total. The van der Waals surface area contributed by atoms with Crippen molar-refractivity contribution in [3.05, 3.63) is 69.4 Å². The quantitative estimate of drug-likeness (QED) is 0.579. The summed E-state index contributed by atoms with van der Waals surface area (Å²) in [5, 5.41) is 13.3. The summed E-state index contributed by atoms with van der Waals surface area (Å²) in [6.07, 6.45) is 2.77. The lowest BCUT2D eigenvalue weighted by atomic mass is 10.2. The highest BCUT2D eigenvalue weighted by atomic mass is 35.5. The first kappa shape index (κ1) is 15.9. The van der Waals surface area contributed by atoms with Crippen molar-refractivity contribution in [1.82, 2.24) is 9.38 Å². The zero-order valence-corrected chi connectivity index (χ0v) is 12.8. The zero-order valence-electron chi connectivity index (χ0n) is 12.1. The second-order valence-electron chi connectivity index (χ2n) is 4.99. The van der Waals surface area contributed by atoms with E-state index < -0.39 is 16.6 Å². The molecular weight excluding hydrogens is 339 g/mol. The summed E-state index contributed by atoms with van der Waals surface area (Å²) in [5.41, 5.74) is 1.08. The van der Waals surface area contributed by atoms with Gasteiger partial charge in [0.25, 0.3) is 5.69 Å². The van der Waals surface area contributed by atoms with Crippen LogP contribution in [0.3, 0.4) is 0 Å². The van der Waals surface area contributed by atoms with Crippen LogP contribution in [0.15, 0.2) is 42.7 Å². The fourth-order valence-corrected chi connectivity index (χ4v) is 2.40. The number of pyridine rings is 1. The van der Waals surface area contributed by atoms with Gasteiger partial charge in [-0.25, -0.2) is 9.37 Å². The van der Waals surface area contributed by atoms with E-state index in [0.717, 1.165) is 6.07 Å². The first-order chi connectivity index (χ1) is 11.4. The Morgan fingerprint density at radius 3 is 2.83 bits per heavy atom. The number of anilines is 1. The minimum atomic E-state index is -0.576. The van der Waals surface area contributed by atoms with Gasteiger partial charge < -0.3 is 9.72 Å². The van der Waals surface area contributed by atoms with Crippen molar-refractivity contribution in [3.63, 3.8) is 0 Å². The van der Waals surface area contributed by atoms with Crippen molar-refractivity contribution < 1.29 is 14.1 Å². The smallest absolute Gasteiger partial charge is 0.271 e. The van der Waals surface area contributed by atoms with Crippen LogP contribution in [0.2, 0.25) is 5.02 Å². The van der Waals surface area contributed by atoms with E-state index >= 15 is 0 Å². The fraction of sp³-hybridized carbons (Fsp3) is 0.0667. The molecule has 122 valence electrons. The largest absolute Gasteiger partial charge is 0.324 e. The molecule has 9 heteroatoms. The summed E-state index contributed by atoms with van der Waals surface area (Å²) in [5.74, 6) is -0.803. The Hall–Kier alpha value is -3.00. The lowest BCUT2D eigenvalue weighted by Gasteiger charge is -2.06. The van der Waals surface area contributed by atoms with Crippen molar-refractivity contribution in [2.24, 2.45) is 0 Å². The molecule has 0 aliphatic heterocycles. The Bertz CT molecular complexity index is 957. The van der Waals surface area contributed by atoms with Gasteiger partial charge in [0.1, 0.15) is 11.5 Å². The number of nitrogens with one attached hydrogen (secondary N) is 1. The second-order valence-corrected chi connectivity index (χ2v) is 5.40. The predicted octanol–water partition coefficient (Wildman–Crippen LogP) is 3.22. The van der Waals surface area contributed by atoms with Gasteiger partial charge in [-0.05, 0) is 18.2 Å². The molecule has 2 heterocycles. The number of amides is 1. The number of imidazole rings is 1. The molecular formula is C15H10ClFN4O3. The molecule has 0 atom stereocenters. The first-order valence-corrected chi connectivity index (χ1v) is 7.17. The average molecular weight is 349 g/mol. The van der Waals surface area contributed by atoms with Crippen LogP contribution in [-0.4, -0.2) is 20.2 Å². The van der Waals surface area contributed by atoms with Gasteiger partial charge in [0.05, 0.1) is 27.7 Å². The van der Waals surface area contributed by atoms with Crippen molar-refractivity contribution in [1.29, 1.82) is 0 Å². The number of carbonyl (C=O) groups is 1. The number of halogens is 2. The second kappa shape index (κ2) is 6.25. The standard InChI is InChI=1S/C15H10ClFN4O3/c16-12-6-11(21(23)24)2-3-13(12)19-15(22)5-10-8-20-7-9(17)1-4-14(20)18-10/h1-4,6-8H,5H2,(H,19,22). The van der Waals surface area contributed by atoms with E-state index in [9.17, 15) is 19.3 Å². The topological polar surface area (TPSA) is 89.5 Å². The average Bonchev–Trinajstić information content (AvgIpc) is 2.90. The van der Waals surface area contributed by atoms with Crippen LogP contribution < -0.4 is 5.32 Å². The molecule has 3 rings (SSSR count). The molecule has 0 aliphatic rings. The Kier molecular flexibility index (Phi) is 4.13. The molecule has 1 amide bonds. The van der Waals surface area contributed by atoms with Gasteiger partial charge in [0.2, 0.25) is 5.91 Å². The molecule has 0 saturated carbocycles. The molecule has 3 aromatic rings. The minimum Gasteiger partial charge on any atom is -0.324 e. The number of carbonyl (C=O) groups excluding carboxylic acids is 1. The molecule has 0 spiro atoms. The number of hydrogen-bond acceptors (Lipinski definition) is 4. The summed E-state index contributed by atoms with van der Waals surface area (Å²) < 4.78 is 14.6. The van der Waals surface area contributed by atoms with E-state index in [-0.39, 0.29) is 22.8 Å². The molecule has 0 radical (unpaired) electrons. The minimum absolute atomic E-state index is 0.0450. The van der Waals surface area contributed by atoms with Crippen LogP contribution in [0.5, 0.6) is 0 Å². The number of nitro groups is 1. The molecule has 0 fully saturated rings. The third-order valence-electron chi connectivity index (χ3n) is 3.24. The molecule has 0 aliphatic carbocycles. The van der Waals surface area contributed by atoms with Crippen LogP contribution in [-0.2, 0) is 11.2 Å². The number of rotatable bonds is 4. The van der Waals surface area contributed by atoms with Crippen LogP contribution in [0.25, 0.3) is 5.65 Å². The normalized spacial score (nSPS) is 10.8. The molecule has 1 aromatic carbocycles. The molecule has 1 N–H and O–H groups in total. The van der Waals surface area contributed by atoms with E-state index in [0.29, 0.717) is 11.3 Å². The maximum Gasteiger partial charge on any atom is 0.271 e. The monoisotopic (exact) mass is 348 g/mol. The van der Waals surface area contributed by atoms with E-state index in [1.807, 2.05) is 0 Å². The first-order valence-electron chi connectivity index (χ1n) is 6.79. The van der Waals surface area contributed by atoms with Gasteiger partial charge in [-0.3, -0.25) is 14.9 Å². The van der Waals surface area contributed by atoms with Crippen molar-refractivity contribution >= 4 is 34.5 Å². The highest BCUT2D eigenvalue weighted by Gasteiger charge is 2.13. The van der Waals surface area contributed by atoms with Crippen LogP contribution in [0.1, 0.15) is 5.69 Å². The summed E-state index contributed by atoms with van der Waals surface area (Å²) in [6, 6.07) is 6.55. The number of non-ortho nitro benzene ring substituents is 1. The van der Waals surface area contributed by atoms with Gasteiger partial charge in [-0.15, -0.1) is 0 Å². The molecule has 2 aromatic heterocycles. The lowest BCUT2D eigenvalue weighted by molar-refractivity contribution is -0.384. The highest BCUT2D eigenvalue weighted by Crippen LogP contribution is 2.26. The fourth-order valence-electron chi connectivity index (χ4n) is 2.18. The summed E-state index contributed by atoms with van der Waals surface area (Å²) in [7, 11) is 0. The molecule has 0 saturated heterocycles. The Morgan fingerprint density at radius 1 is 1.33 bits per heavy atom. The Labute approximate surface area is 139 Å². The maximum atomic E-state index is 13.1. The van der Waals surface area contributed by atoms with Gasteiger partial charge in [-0.1, -0.05) is 11.6 Å². The number of nitrogens with zero attached hydrogens (tertiary/aromatic N) is 3. The van der Waals surface area contributed by atoms with E-state index in [4.69, 9.17) is 11.6 Å². The molecule has 0 bridgehead atoms. The van der Waals surface area contributed by atoms with Crippen LogP contribution >= 0.6 is 11.6 Å². The van der Waals surface area contributed by atoms with Gasteiger partial charge in [0, 0.05) is 24.5 Å². The predicted molar refractivity (Wildman–Crippen MR) is 85.6 cm³/mol. The maximum absolute atomic E-state index is 13.1. The zero-order chi connectivity index (χ0) is 17.3. The summed E-state index contributed by atoms with van der Waals surface area (Å²) in [6.45, 7) is 0. The van der Waals surface area contributed by atoms with Crippen LogP contribution in [0.4, 0.5) is 15.8 Å². The number of nitro benzene ring substituents is 1. The van der Waals surface area contributed by atoms with Crippen molar-refractivity contribution in [2.75, 3.05) is 5.32 Å². The number of aromatic nitrogens is 2. The third-order valence-corrected chi connectivity index (χ3v) is 3.56. The number of hydrogen-bond donors (Lipinski definition) is 1. The van der Waals surface area contributed by atoms with Crippen molar-refractivity contribution in [2.45, 2.75) is 6.42 Å². The Morgan fingerprint density at radius 2 is 2.12 bits per heavy atom. The van der Waals surface area contributed by atoms with E-state index in [2.05, 4.69) is 10.3 Å². The summed E-state index contributed by atoms with van der Waals surface area (Å²) in [4.78, 5) is 26.4. The highest BCUT2D eigenvalue weighted by molar-refractivity contribution is 6.34. The molecule has 24 heavy (non-hydrogen) atoms. The van der Waals surface area contributed by atoms with Gasteiger partial charge in [0.15, 0.2) is 0 Å². The van der Waals surface area contributed by atoms with Gasteiger partial charge >= 0.3 is 0 Å². The van der Waals surface area contributed by atoms with Gasteiger partial charge in [-0.2, -0.15) is 0 Å². The number of fused-ring (bicyclic) bond motifs is 1. The van der Waals surface area contributed by atoms with Crippen molar-refractivity contribution in [3.8, 4) is 0 Å². The number of benzene rings is 1. The van der Waals surface area contributed by atoms with Crippen LogP contribution in [0, 0.1) is 15.9 Å². The Balaban J connectivity index is 1.74. The van der Waals surface area contributed by atoms with E-state index in [1.165, 1.54) is 34.9 Å². The lowest BCUT2D eigenvalue weighted by Crippen LogP contribution is -2.14. The summed E-state index contributed by atoms with van der Waals surface area (Å²) >= 11 is 5.92. The molecule has 0 unspecified atom stereocenters. The third kappa shape index (κ3) is 3.33. The van der Waals surface area contributed by atoms with E-state index in [1.54, 1.807) is 6.20 Å². The SMILES string of the molecule is O=C(Cc1cn2cc(F)ccc2n1)Nc1ccc([N+](=O)[O-])cc1Cl.